The van der Waals surface area contributed by atoms with Crippen molar-refractivity contribution in [2.45, 2.75) is 25.3 Å². The van der Waals surface area contributed by atoms with Crippen LogP contribution < -0.4 is 5.32 Å². The van der Waals surface area contributed by atoms with Crippen molar-refractivity contribution in [1.82, 2.24) is 5.32 Å². The molecule has 23 heavy (non-hydrogen) atoms. The summed E-state index contributed by atoms with van der Waals surface area (Å²) < 4.78 is 0. The van der Waals surface area contributed by atoms with Crippen LogP contribution in [-0.4, -0.2) is 6.04 Å². The quantitative estimate of drug-likeness (QED) is 0.779. The smallest absolute Gasteiger partial charge is 0.0517 e. The lowest BCUT2D eigenvalue weighted by molar-refractivity contribution is 0.652. The van der Waals surface area contributed by atoms with Crippen LogP contribution in [0.1, 0.15) is 24.0 Å². The second-order valence-corrected chi connectivity index (χ2v) is 5.98. The van der Waals surface area contributed by atoms with E-state index in [1.165, 1.54) is 16.7 Å². The van der Waals surface area contributed by atoms with Gasteiger partial charge in [0.2, 0.25) is 0 Å². The van der Waals surface area contributed by atoms with Gasteiger partial charge in [-0.3, -0.25) is 0 Å². The van der Waals surface area contributed by atoms with Gasteiger partial charge in [0.25, 0.3) is 0 Å². The Balaban J connectivity index is 1.56. The molecule has 1 heterocycles. The summed E-state index contributed by atoms with van der Waals surface area (Å²) in [5, 5.41) is 3.50. The molecule has 3 rings (SSSR count). The van der Waals surface area contributed by atoms with Crippen molar-refractivity contribution in [3.8, 4) is 0 Å². The molecule has 0 amide bonds. The van der Waals surface area contributed by atoms with Crippen LogP contribution in [0.4, 0.5) is 0 Å². The number of allylic oxidation sites excluding steroid dienone is 2. The number of hydrogen-bond donors (Lipinski definition) is 1. The van der Waals surface area contributed by atoms with Gasteiger partial charge < -0.3 is 5.32 Å². The number of nitrogens with one attached hydrogen (secondary N) is 1. The van der Waals surface area contributed by atoms with Crippen LogP contribution in [0.25, 0.3) is 6.08 Å². The summed E-state index contributed by atoms with van der Waals surface area (Å²) in [6, 6.07) is 21.5. The lowest BCUT2D eigenvalue weighted by Crippen LogP contribution is -2.26. The van der Waals surface area contributed by atoms with E-state index in [0.29, 0.717) is 6.04 Å². The minimum absolute atomic E-state index is 0.384. The number of hydrogen-bond acceptors (Lipinski definition) is 1. The Morgan fingerprint density at radius 1 is 0.957 bits per heavy atom. The van der Waals surface area contributed by atoms with Crippen molar-refractivity contribution in [2.24, 2.45) is 0 Å². The molecule has 0 saturated carbocycles. The minimum atomic E-state index is 0.384. The molecular weight excluding hydrogens is 278 g/mol. The van der Waals surface area contributed by atoms with Crippen molar-refractivity contribution in [3.63, 3.8) is 0 Å². The molecule has 1 nitrogen and oxygen atoms in total. The Kier molecular flexibility index (Phi) is 5.10. The molecule has 0 radical (unpaired) electrons. The Hall–Kier alpha value is -2.54. The zero-order chi connectivity index (χ0) is 15.9. The van der Waals surface area contributed by atoms with Gasteiger partial charge in [0, 0.05) is 5.70 Å². The summed E-state index contributed by atoms with van der Waals surface area (Å²) >= 11 is 0. The monoisotopic (exact) mass is 301 g/mol. The summed E-state index contributed by atoms with van der Waals surface area (Å²) in [6.45, 7) is 4.07. The van der Waals surface area contributed by atoms with Crippen LogP contribution in [0.3, 0.4) is 0 Å². The van der Waals surface area contributed by atoms with E-state index in [1.54, 1.807) is 0 Å². The number of benzene rings is 2. The maximum absolute atomic E-state index is 4.07. The third kappa shape index (κ3) is 4.46. The normalized spacial score (nSPS) is 17.3. The van der Waals surface area contributed by atoms with Crippen molar-refractivity contribution < 1.29 is 0 Å². The molecule has 1 N–H and O–H groups in total. The molecule has 0 aromatic heterocycles. The van der Waals surface area contributed by atoms with Gasteiger partial charge in [0.05, 0.1) is 6.04 Å². The molecule has 2 aromatic rings. The molecule has 0 bridgehead atoms. The standard InChI is InChI=1S/C22H23N/c1-18-16-21(15-9-8-12-19-10-4-2-5-11-19)22(23-18)17-20-13-6-3-7-14-20/h2-8,10-14,16,22-23H,1,9,15,17H2/b12-8+/t22-/m0/s1. The van der Waals surface area contributed by atoms with Crippen LogP contribution in [0.15, 0.2) is 90.7 Å². The molecule has 2 aromatic carbocycles. The summed E-state index contributed by atoms with van der Waals surface area (Å²) in [5.74, 6) is 0. The Morgan fingerprint density at radius 2 is 1.65 bits per heavy atom. The van der Waals surface area contributed by atoms with E-state index >= 15 is 0 Å². The summed E-state index contributed by atoms with van der Waals surface area (Å²) in [5.41, 5.74) is 5.12. The highest BCUT2D eigenvalue weighted by molar-refractivity contribution is 5.48. The van der Waals surface area contributed by atoms with Crippen LogP contribution in [-0.2, 0) is 6.42 Å². The van der Waals surface area contributed by atoms with Crippen molar-refractivity contribution in [1.29, 1.82) is 0 Å². The van der Waals surface area contributed by atoms with Crippen LogP contribution >= 0.6 is 0 Å². The molecule has 1 aliphatic heterocycles. The molecule has 0 spiro atoms. The van der Waals surface area contributed by atoms with E-state index < -0.39 is 0 Å². The molecule has 0 unspecified atom stereocenters. The van der Waals surface area contributed by atoms with Gasteiger partial charge in [0.15, 0.2) is 0 Å². The first-order chi connectivity index (χ1) is 11.3. The molecule has 1 heteroatoms. The highest BCUT2D eigenvalue weighted by Crippen LogP contribution is 2.23. The Bertz CT molecular complexity index is 695. The van der Waals surface area contributed by atoms with Gasteiger partial charge in [0.1, 0.15) is 0 Å². The average Bonchev–Trinajstić information content (AvgIpc) is 2.93. The molecule has 116 valence electrons. The van der Waals surface area contributed by atoms with Crippen molar-refractivity contribution in [2.75, 3.05) is 0 Å². The maximum Gasteiger partial charge on any atom is 0.0517 e. The van der Waals surface area contributed by atoms with Gasteiger partial charge in [-0.25, -0.2) is 0 Å². The summed E-state index contributed by atoms with van der Waals surface area (Å²) in [6.07, 6.45) is 9.83. The van der Waals surface area contributed by atoms with Crippen LogP contribution in [0.2, 0.25) is 0 Å². The van der Waals surface area contributed by atoms with Gasteiger partial charge in [-0.05, 0) is 42.0 Å². The van der Waals surface area contributed by atoms with Crippen molar-refractivity contribution in [3.05, 3.63) is 102 Å². The zero-order valence-corrected chi connectivity index (χ0v) is 13.4. The summed E-state index contributed by atoms with van der Waals surface area (Å²) in [7, 11) is 0. The third-order valence-electron chi connectivity index (χ3n) is 4.16. The van der Waals surface area contributed by atoms with Gasteiger partial charge >= 0.3 is 0 Å². The molecule has 1 atom stereocenters. The van der Waals surface area contributed by atoms with E-state index in [4.69, 9.17) is 0 Å². The zero-order valence-electron chi connectivity index (χ0n) is 13.4. The predicted molar refractivity (Wildman–Crippen MR) is 99.0 cm³/mol. The van der Waals surface area contributed by atoms with Crippen LogP contribution in [0, 0.1) is 0 Å². The first-order valence-corrected chi connectivity index (χ1v) is 8.23. The fourth-order valence-corrected chi connectivity index (χ4v) is 2.99. The SMILES string of the molecule is C=C1C=C(CC/C=C/c2ccccc2)[C@H](Cc2ccccc2)N1. The van der Waals surface area contributed by atoms with Crippen LogP contribution in [0.5, 0.6) is 0 Å². The largest absolute Gasteiger partial charge is 0.379 e. The fraction of sp³-hybridized carbons (Fsp3) is 0.182. The van der Waals surface area contributed by atoms with E-state index in [0.717, 1.165) is 25.0 Å². The van der Waals surface area contributed by atoms with Gasteiger partial charge in [-0.15, -0.1) is 0 Å². The maximum atomic E-state index is 4.07. The van der Waals surface area contributed by atoms with Gasteiger partial charge in [-0.1, -0.05) is 79.4 Å². The van der Waals surface area contributed by atoms with Gasteiger partial charge in [-0.2, -0.15) is 0 Å². The second-order valence-electron chi connectivity index (χ2n) is 5.98. The second kappa shape index (κ2) is 7.64. The molecule has 0 fully saturated rings. The predicted octanol–water partition coefficient (Wildman–Crippen LogP) is 5.13. The lowest BCUT2D eigenvalue weighted by Gasteiger charge is -2.16. The number of rotatable bonds is 6. The third-order valence-corrected chi connectivity index (χ3v) is 4.16. The first-order valence-electron chi connectivity index (χ1n) is 8.23. The Labute approximate surface area is 139 Å². The molecule has 0 aliphatic carbocycles. The van der Waals surface area contributed by atoms with Crippen molar-refractivity contribution >= 4 is 6.08 Å². The molecular formula is C22H23N. The topological polar surface area (TPSA) is 12.0 Å². The van der Waals surface area contributed by atoms with E-state index in [1.807, 2.05) is 6.07 Å². The van der Waals surface area contributed by atoms with E-state index in [-0.39, 0.29) is 0 Å². The first kappa shape index (κ1) is 15.4. The summed E-state index contributed by atoms with van der Waals surface area (Å²) in [4.78, 5) is 0. The van der Waals surface area contributed by atoms with E-state index in [2.05, 4.69) is 84.7 Å². The molecule has 1 aliphatic rings. The Morgan fingerprint density at radius 3 is 2.39 bits per heavy atom. The lowest BCUT2D eigenvalue weighted by atomic mass is 9.97. The molecule has 0 saturated heterocycles. The average molecular weight is 301 g/mol. The van der Waals surface area contributed by atoms with E-state index in [9.17, 15) is 0 Å². The highest BCUT2D eigenvalue weighted by atomic mass is 14.9. The fourth-order valence-electron chi connectivity index (χ4n) is 2.99. The highest BCUT2D eigenvalue weighted by Gasteiger charge is 2.20. The minimum Gasteiger partial charge on any atom is -0.379 e.